The van der Waals surface area contributed by atoms with Crippen molar-refractivity contribution < 1.29 is 14.2 Å². The summed E-state index contributed by atoms with van der Waals surface area (Å²) < 4.78 is 18.2. The first-order chi connectivity index (χ1) is 16.2. The number of rotatable bonds is 11. The molecule has 0 aliphatic heterocycles. The molecule has 0 spiro atoms. The van der Waals surface area contributed by atoms with Crippen molar-refractivity contribution >= 4 is 10.9 Å². The first kappa shape index (κ1) is 22.6. The molecule has 0 radical (unpaired) electrons. The van der Waals surface area contributed by atoms with Gasteiger partial charge in [0.1, 0.15) is 23.9 Å². The minimum Gasteiger partial charge on any atom is -0.493 e. The minimum absolute atomic E-state index is 0.361. The van der Waals surface area contributed by atoms with E-state index in [9.17, 15) is 0 Å². The zero-order valence-corrected chi connectivity index (χ0v) is 19.3. The van der Waals surface area contributed by atoms with Gasteiger partial charge in [-0.3, -0.25) is 4.98 Å². The zero-order valence-electron chi connectivity index (χ0n) is 19.3. The molecule has 2 aromatic carbocycles. The highest BCUT2D eigenvalue weighted by atomic mass is 16.5. The SMILES string of the molecule is CCCCOc1c(C)c(COc2cccc(OCCc3cccnc3)c2)nc2ccccc12. The van der Waals surface area contributed by atoms with Crippen LogP contribution in [-0.2, 0) is 13.0 Å². The second-order valence-electron chi connectivity index (χ2n) is 7.96. The van der Waals surface area contributed by atoms with E-state index in [4.69, 9.17) is 19.2 Å². The highest BCUT2D eigenvalue weighted by Gasteiger charge is 2.14. The summed E-state index contributed by atoms with van der Waals surface area (Å²) in [6, 6.07) is 19.8. The molecule has 0 aliphatic rings. The summed E-state index contributed by atoms with van der Waals surface area (Å²) in [6.45, 7) is 5.86. The fourth-order valence-corrected chi connectivity index (χ4v) is 3.61. The van der Waals surface area contributed by atoms with Gasteiger partial charge in [-0.2, -0.15) is 0 Å². The van der Waals surface area contributed by atoms with Crippen molar-refractivity contribution in [1.82, 2.24) is 9.97 Å². The standard InChI is InChI=1S/C28H30N2O3/c1-3-4-16-32-28-21(2)27(30-26-13-6-5-12-25(26)28)20-33-24-11-7-10-23(18-24)31-17-14-22-9-8-15-29-19-22/h5-13,15,18-19H,3-4,14,16-17,20H2,1-2H3. The molecule has 170 valence electrons. The molecule has 4 aromatic rings. The van der Waals surface area contributed by atoms with Gasteiger partial charge in [0.05, 0.1) is 24.4 Å². The Labute approximate surface area is 195 Å². The van der Waals surface area contributed by atoms with Crippen LogP contribution in [0.3, 0.4) is 0 Å². The normalized spacial score (nSPS) is 10.8. The second kappa shape index (κ2) is 11.3. The van der Waals surface area contributed by atoms with Crippen molar-refractivity contribution in [3.8, 4) is 17.2 Å². The monoisotopic (exact) mass is 442 g/mol. The molecule has 2 aromatic heterocycles. The first-order valence-corrected chi connectivity index (χ1v) is 11.5. The Morgan fingerprint density at radius 1 is 0.848 bits per heavy atom. The Balaban J connectivity index is 1.43. The van der Waals surface area contributed by atoms with Crippen molar-refractivity contribution in [2.24, 2.45) is 0 Å². The topological polar surface area (TPSA) is 53.5 Å². The average Bonchev–Trinajstić information content (AvgIpc) is 2.85. The summed E-state index contributed by atoms with van der Waals surface area (Å²) in [4.78, 5) is 8.98. The molecule has 0 atom stereocenters. The predicted octanol–water partition coefficient (Wildman–Crippen LogP) is 6.32. The maximum absolute atomic E-state index is 6.16. The van der Waals surface area contributed by atoms with Gasteiger partial charge in [-0.25, -0.2) is 4.98 Å². The van der Waals surface area contributed by atoms with Gasteiger partial charge in [0.2, 0.25) is 0 Å². The van der Waals surface area contributed by atoms with Crippen LogP contribution in [0.2, 0.25) is 0 Å². The lowest BCUT2D eigenvalue weighted by Gasteiger charge is -2.16. The lowest BCUT2D eigenvalue weighted by molar-refractivity contribution is 0.287. The third-order valence-corrected chi connectivity index (χ3v) is 5.49. The zero-order chi connectivity index (χ0) is 22.9. The van der Waals surface area contributed by atoms with Crippen LogP contribution in [0, 0.1) is 6.92 Å². The van der Waals surface area contributed by atoms with Crippen molar-refractivity contribution in [2.45, 2.75) is 39.7 Å². The molecule has 5 nitrogen and oxygen atoms in total. The molecule has 0 amide bonds. The molecule has 0 bridgehead atoms. The van der Waals surface area contributed by atoms with E-state index in [0.29, 0.717) is 19.8 Å². The van der Waals surface area contributed by atoms with Gasteiger partial charge in [-0.15, -0.1) is 0 Å². The van der Waals surface area contributed by atoms with Crippen LogP contribution in [-0.4, -0.2) is 23.2 Å². The lowest BCUT2D eigenvalue weighted by Crippen LogP contribution is -2.06. The largest absolute Gasteiger partial charge is 0.493 e. The van der Waals surface area contributed by atoms with Gasteiger partial charge in [0.15, 0.2) is 0 Å². The Morgan fingerprint density at radius 2 is 1.70 bits per heavy atom. The highest BCUT2D eigenvalue weighted by molar-refractivity contribution is 5.86. The molecule has 0 saturated heterocycles. The molecule has 0 N–H and O–H groups in total. The van der Waals surface area contributed by atoms with E-state index in [1.807, 2.05) is 54.7 Å². The molecular formula is C28H30N2O3. The fourth-order valence-electron chi connectivity index (χ4n) is 3.61. The van der Waals surface area contributed by atoms with E-state index in [1.165, 1.54) is 0 Å². The maximum Gasteiger partial charge on any atom is 0.133 e. The van der Waals surface area contributed by atoms with E-state index >= 15 is 0 Å². The highest BCUT2D eigenvalue weighted by Crippen LogP contribution is 2.31. The summed E-state index contributed by atoms with van der Waals surface area (Å²) in [7, 11) is 0. The van der Waals surface area contributed by atoms with E-state index in [1.54, 1.807) is 6.20 Å². The van der Waals surface area contributed by atoms with Crippen molar-refractivity contribution in [3.63, 3.8) is 0 Å². The van der Waals surface area contributed by atoms with Crippen LogP contribution < -0.4 is 14.2 Å². The van der Waals surface area contributed by atoms with E-state index in [-0.39, 0.29) is 0 Å². The number of benzene rings is 2. The smallest absolute Gasteiger partial charge is 0.133 e. The third kappa shape index (κ3) is 6.01. The molecule has 0 unspecified atom stereocenters. The summed E-state index contributed by atoms with van der Waals surface area (Å²) >= 11 is 0. The number of aromatic nitrogens is 2. The summed E-state index contributed by atoms with van der Waals surface area (Å²) in [6.07, 6.45) is 6.56. The minimum atomic E-state index is 0.361. The van der Waals surface area contributed by atoms with Gasteiger partial charge < -0.3 is 14.2 Å². The van der Waals surface area contributed by atoms with Crippen molar-refractivity contribution in [2.75, 3.05) is 13.2 Å². The molecule has 4 rings (SSSR count). The molecule has 0 saturated carbocycles. The molecule has 0 aliphatic carbocycles. The summed E-state index contributed by atoms with van der Waals surface area (Å²) in [5.74, 6) is 2.43. The van der Waals surface area contributed by atoms with Crippen LogP contribution in [0.15, 0.2) is 73.1 Å². The van der Waals surface area contributed by atoms with E-state index < -0.39 is 0 Å². The van der Waals surface area contributed by atoms with Crippen LogP contribution in [0.4, 0.5) is 0 Å². The van der Waals surface area contributed by atoms with Crippen LogP contribution >= 0.6 is 0 Å². The molecule has 2 heterocycles. The Kier molecular flexibility index (Phi) is 7.75. The van der Waals surface area contributed by atoms with Gasteiger partial charge in [-0.1, -0.05) is 37.6 Å². The Morgan fingerprint density at radius 3 is 2.52 bits per heavy atom. The number of unbranched alkanes of at least 4 members (excludes halogenated alkanes) is 1. The van der Waals surface area contributed by atoms with Crippen molar-refractivity contribution in [3.05, 3.63) is 89.9 Å². The number of hydrogen-bond donors (Lipinski definition) is 0. The van der Waals surface area contributed by atoms with Crippen LogP contribution in [0.5, 0.6) is 17.2 Å². The number of para-hydroxylation sites is 1. The Bertz CT molecular complexity index is 1180. The van der Waals surface area contributed by atoms with Crippen LogP contribution in [0.1, 0.15) is 36.6 Å². The quantitative estimate of drug-likeness (QED) is 0.255. The third-order valence-electron chi connectivity index (χ3n) is 5.49. The number of pyridine rings is 2. The number of ether oxygens (including phenoxy) is 3. The van der Waals surface area contributed by atoms with Crippen LogP contribution in [0.25, 0.3) is 10.9 Å². The number of fused-ring (bicyclic) bond motifs is 1. The lowest BCUT2D eigenvalue weighted by atomic mass is 10.1. The maximum atomic E-state index is 6.16. The van der Waals surface area contributed by atoms with Gasteiger partial charge in [0, 0.05) is 35.8 Å². The van der Waals surface area contributed by atoms with Crippen molar-refractivity contribution in [1.29, 1.82) is 0 Å². The van der Waals surface area contributed by atoms with Gasteiger partial charge >= 0.3 is 0 Å². The second-order valence-corrected chi connectivity index (χ2v) is 7.96. The fraction of sp³-hybridized carbons (Fsp3) is 0.286. The summed E-state index contributed by atoms with van der Waals surface area (Å²) in [5, 5.41) is 1.04. The number of hydrogen-bond acceptors (Lipinski definition) is 5. The first-order valence-electron chi connectivity index (χ1n) is 11.5. The van der Waals surface area contributed by atoms with E-state index in [2.05, 4.69) is 31.0 Å². The molecular weight excluding hydrogens is 412 g/mol. The molecule has 5 heteroatoms. The Hall–Kier alpha value is -3.60. The van der Waals surface area contributed by atoms with E-state index in [0.717, 1.165) is 64.2 Å². The molecule has 0 fully saturated rings. The summed E-state index contributed by atoms with van der Waals surface area (Å²) in [5.41, 5.74) is 3.97. The average molecular weight is 443 g/mol. The molecule has 33 heavy (non-hydrogen) atoms. The van der Waals surface area contributed by atoms with Gasteiger partial charge in [0.25, 0.3) is 0 Å². The predicted molar refractivity (Wildman–Crippen MR) is 131 cm³/mol. The number of nitrogens with zero attached hydrogens (tertiary/aromatic N) is 2. The van der Waals surface area contributed by atoms with Gasteiger partial charge in [-0.05, 0) is 49.2 Å².